The molecule has 22 heavy (non-hydrogen) atoms. The maximum absolute atomic E-state index is 12.6. The van der Waals surface area contributed by atoms with Crippen molar-refractivity contribution >= 4 is 40.5 Å². The molecule has 1 heterocycles. The van der Waals surface area contributed by atoms with E-state index in [1.165, 1.54) is 4.90 Å². The van der Waals surface area contributed by atoms with Gasteiger partial charge in [-0.15, -0.1) is 0 Å². The molecule has 3 rings (SSSR count). The van der Waals surface area contributed by atoms with Gasteiger partial charge in [0, 0.05) is 0 Å². The Morgan fingerprint density at radius 1 is 0.727 bits per heavy atom. The van der Waals surface area contributed by atoms with Gasteiger partial charge in [-0.3, -0.25) is 4.79 Å². The SMILES string of the molecule is Cc1ccc(N2C(=O)C(=S)N(c3ccc(C)cc3)C2=O)cc1. The summed E-state index contributed by atoms with van der Waals surface area (Å²) >= 11 is 5.17. The van der Waals surface area contributed by atoms with Gasteiger partial charge in [0.15, 0.2) is 4.99 Å². The minimum atomic E-state index is -0.468. The third-order valence-corrected chi connectivity index (χ3v) is 3.91. The van der Waals surface area contributed by atoms with Crippen LogP contribution < -0.4 is 9.80 Å². The second-order valence-corrected chi connectivity index (χ2v) is 5.62. The quantitative estimate of drug-likeness (QED) is 0.628. The van der Waals surface area contributed by atoms with Crippen LogP contribution in [0.3, 0.4) is 0 Å². The summed E-state index contributed by atoms with van der Waals surface area (Å²) in [5, 5.41) is 0. The summed E-state index contributed by atoms with van der Waals surface area (Å²) in [6.07, 6.45) is 0. The van der Waals surface area contributed by atoms with Crippen LogP contribution in [-0.2, 0) is 4.79 Å². The number of carbonyl (C=O) groups is 2. The molecular formula is C17H14N2O2S. The molecule has 3 amide bonds. The van der Waals surface area contributed by atoms with Gasteiger partial charge >= 0.3 is 6.03 Å². The molecule has 5 heteroatoms. The minimum absolute atomic E-state index is 0.00516. The molecule has 0 bridgehead atoms. The summed E-state index contributed by atoms with van der Waals surface area (Å²) in [6.45, 7) is 3.90. The van der Waals surface area contributed by atoms with Crippen LogP contribution in [0.2, 0.25) is 0 Å². The Hall–Kier alpha value is -2.53. The Morgan fingerprint density at radius 3 is 1.59 bits per heavy atom. The number of imide groups is 1. The Kier molecular flexibility index (Phi) is 3.50. The summed E-state index contributed by atoms with van der Waals surface area (Å²) in [5.41, 5.74) is 3.25. The zero-order chi connectivity index (χ0) is 15.9. The first-order valence-electron chi connectivity index (χ1n) is 6.85. The normalized spacial score (nSPS) is 14.9. The van der Waals surface area contributed by atoms with E-state index in [4.69, 9.17) is 12.2 Å². The molecule has 2 aromatic carbocycles. The molecule has 0 atom stereocenters. The van der Waals surface area contributed by atoms with E-state index < -0.39 is 11.9 Å². The molecule has 0 saturated carbocycles. The molecule has 0 aliphatic carbocycles. The van der Waals surface area contributed by atoms with Crippen LogP contribution in [0.1, 0.15) is 11.1 Å². The van der Waals surface area contributed by atoms with Crippen LogP contribution in [0.15, 0.2) is 48.5 Å². The monoisotopic (exact) mass is 310 g/mol. The number of nitrogens with zero attached hydrogens (tertiary/aromatic N) is 2. The van der Waals surface area contributed by atoms with Gasteiger partial charge in [-0.1, -0.05) is 47.6 Å². The van der Waals surface area contributed by atoms with Gasteiger partial charge < -0.3 is 0 Å². The van der Waals surface area contributed by atoms with Gasteiger partial charge in [-0.05, 0) is 38.1 Å². The van der Waals surface area contributed by atoms with E-state index in [1.54, 1.807) is 24.3 Å². The maximum Gasteiger partial charge on any atom is 0.341 e. The number of urea groups is 1. The number of anilines is 2. The van der Waals surface area contributed by atoms with Crippen molar-refractivity contribution in [3.63, 3.8) is 0 Å². The number of aryl methyl sites for hydroxylation is 2. The molecule has 2 aromatic rings. The molecule has 1 fully saturated rings. The first-order valence-corrected chi connectivity index (χ1v) is 7.25. The lowest BCUT2D eigenvalue weighted by atomic mass is 10.2. The molecule has 4 nitrogen and oxygen atoms in total. The number of hydrogen-bond donors (Lipinski definition) is 0. The number of amides is 3. The fraction of sp³-hybridized carbons (Fsp3) is 0.118. The molecular weight excluding hydrogens is 296 g/mol. The average Bonchev–Trinajstić information content (AvgIpc) is 2.72. The first kappa shape index (κ1) is 14.4. The van der Waals surface area contributed by atoms with Crippen LogP contribution in [-0.4, -0.2) is 16.9 Å². The lowest BCUT2D eigenvalue weighted by molar-refractivity contribution is -0.111. The number of carbonyl (C=O) groups excluding carboxylic acids is 2. The summed E-state index contributed by atoms with van der Waals surface area (Å²) < 4.78 is 0. The fourth-order valence-electron chi connectivity index (χ4n) is 2.31. The smallest absolute Gasteiger partial charge is 0.265 e. The lowest BCUT2D eigenvalue weighted by Crippen LogP contribution is -2.33. The Bertz CT molecular complexity index is 701. The van der Waals surface area contributed by atoms with Gasteiger partial charge in [-0.2, -0.15) is 0 Å². The summed E-state index contributed by atoms with van der Waals surface area (Å²) in [5.74, 6) is -0.468. The fourth-order valence-corrected chi connectivity index (χ4v) is 2.58. The highest BCUT2D eigenvalue weighted by Crippen LogP contribution is 2.27. The molecule has 0 unspecified atom stereocenters. The predicted octanol–water partition coefficient (Wildman–Crippen LogP) is 3.60. The molecule has 0 aromatic heterocycles. The Labute approximate surface area is 134 Å². The van der Waals surface area contributed by atoms with E-state index in [0.717, 1.165) is 16.0 Å². The molecule has 1 aliphatic rings. The Morgan fingerprint density at radius 2 is 1.14 bits per heavy atom. The number of thiocarbonyl (C=S) groups is 1. The second-order valence-electron chi connectivity index (χ2n) is 5.23. The summed E-state index contributed by atoms with van der Waals surface area (Å²) in [7, 11) is 0. The van der Waals surface area contributed by atoms with Crippen LogP contribution in [0, 0.1) is 13.8 Å². The van der Waals surface area contributed by atoms with Gasteiger partial charge in [0.05, 0.1) is 11.4 Å². The number of rotatable bonds is 2. The third-order valence-electron chi connectivity index (χ3n) is 3.56. The van der Waals surface area contributed by atoms with E-state index >= 15 is 0 Å². The zero-order valence-corrected chi connectivity index (χ0v) is 13.1. The van der Waals surface area contributed by atoms with Gasteiger partial charge in [0.2, 0.25) is 0 Å². The largest absolute Gasteiger partial charge is 0.341 e. The topological polar surface area (TPSA) is 40.6 Å². The van der Waals surface area contributed by atoms with Gasteiger partial charge in [0.1, 0.15) is 0 Å². The molecule has 1 aliphatic heterocycles. The van der Waals surface area contributed by atoms with Crippen molar-refractivity contribution in [3.05, 3.63) is 59.7 Å². The van der Waals surface area contributed by atoms with Crippen LogP contribution >= 0.6 is 12.2 Å². The van der Waals surface area contributed by atoms with Crippen LogP contribution in [0.25, 0.3) is 0 Å². The van der Waals surface area contributed by atoms with Crippen LogP contribution in [0.4, 0.5) is 16.2 Å². The highest BCUT2D eigenvalue weighted by atomic mass is 32.1. The van der Waals surface area contributed by atoms with E-state index in [2.05, 4.69) is 0 Å². The van der Waals surface area contributed by atoms with Gasteiger partial charge in [0.25, 0.3) is 5.91 Å². The maximum atomic E-state index is 12.6. The van der Waals surface area contributed by atoms with E-state index in [9.17, 15) is 9.59 Å². The highest BCUT2D eigenvalue weighted by molar-refractivity contribution is 7.82. The highest BCUT2D eigenvalue weighted by Gasteiger charge is 2.43. The van der Waals surface area contributed by atoms with E-state index in [1.807, 2.05) is 38.1 Å². The molecule has 110 valence electrons. The molecule has 0 radical (unpaired) electrons. The predicted molar refractivity (Wildman–Crippen MR) is 90.3 cm³/mol. The van der Waals surface area contributed by atoms with Crippen molar-refractivity contribution in [3.8, 4) is 0 Å². The Balaban J connectivity index is 2.00. The number of hydrogen-bond acceptors (Lipinski definition) is 3. The van der Waals surface area contributed by atoms with Crippen LogP contribution in [0.5, 0.6) is 0 Å². The van der Waals surface area contributed by atoms with E-state index in [-0.39, 0.29) is 4.99 Å². The van der Waals surface area contributed by atoms with Crippen molar-refractivity contribution in [1.29, 1.82) is 0 Å². The molecule has 0 N–H and O–H groups in total. The standard InChI is InChI=1S/C17H14N2O2S/c1-11-3-7-13(8-4-11)18-15(20)16(22)19(17(18)21)14-9-5-12(2)6-10-14/h3-10H,1-2H3. The summed E-state index contributed by atoms with van der Waals surface area (Å²) in [4.78, 5) is 27.4. The minimum Gasteiger partial charge on any atom is -0.265 e. The van der Waals surface area contributed by atoms with Crippen molar-refractivity contribution in [2.24, 2.45) is 0 Å². The van der Waals surface area contributed by atoms with E-state index in [0.29, 0.717) is 11.4 Å². The third kappa shape index (κ3) is 2.29. The summed E-state index contributed by atoms with van der Waals surface area (Å²) in [6, 6.07) is 14.1. The second kappa shape index (κ2) is 5.35. The zero-order valence-electron chi connectivity index (χ0n) is 12.2. The van der Waals surface area contributed by atoms with Crippen molar-refractivity contribution < 1.29 is 9.59 Å². The average molecular weight is 310 g/mol. The molecule has 1 saturated heterocycles. The van der Waals surface area contributed by atoms with Crippen molar-refractivity contribution in [2.45, 2.75) is 13.8 Å². The van der Waals surface area contributed by atoms with Gasteiger partial charge in [-0.25, -0.2) is 14.6 Å². The number of benzene rings is 2. The van der Waals surface area contributed by atoms with Crippen molar-refractivity contribution in [1.82, 2.24) is 0 Å². The molecule has 0 spiro atoms. The lowest BCUT2D eigenvalue weighted by Gasteiger charge is -2.16. The first-order chi connectivity index (χ1) is 10.5. The van der Waals surface area contributed by atoms with Crippen molar-refractivity contribution in [2.75, 3.05) is 9.80 Å².